The predicted molar refractivity (Wildman–Crippen MR) is 81.1 cm³/mol. The summed E-state index contributed by atoms with van der Waals surface area (Å²) < 4.78 is 24.5. The zero-order valence-corrected chi connectivity index (χ0v) is 13.0. The first-order chi connectivity index (χ1) is 9.45. The van der Waals surface area contributed by atoms with Crippen molar-refractivity contribution in [3.8, 4) is 11.5 Å². The van der Waals surface area contributed by atoms with E-state index in [1.54, 1.807) is 12.1 Å². The lowest BCUT2D eigenvalue weighted by Crippen LogP contribution is -1.95. The monoisotopic (exact) mass is 292 g/mol. The van der Waals surface area contributed by atoms with E-state index >= 15 is 0 Å². The van der Waals surface area contributed by atoms with E-state index < -0.39 is 8.69 Å². The molecule has 0 aliphatic rings. The molecule has 4 heteroatoms. The maximum Gasteiger partial charge on any atom is 0.505 e. The Morgan fingerprint density at radius 2 is 1.15 bits per heavy atom. The molecule has 0 aliphatic carbocycles. The van der Waals surface area contributed by atoms with Crippen LogP contribution in [0.4, 0.5) is 4.20 Å². The third-order valence-electron chi connectivity index (χ3n) is 3.00. The Kier molecular flexibility index (Phi) is 4.61. The van der Waals surface area contributed by atoms with Crippen LogP contribution in [0, 0.1) is 27.7 Å². The molecule has 0 atom stereocenters. The van der Waals surface area contributed by atoms with Crippen molar-refractivity contribution in [1.82, 2.24) is 0 Å². The quantitative estimate of drug-likeness (QED) is 0.685. The molecule has 0 aliphatic heterocycles. The minimum absolute atomic E-state index is 0.522. The van der Waals surface area contributed by atoms with Gasteiger partial charge in [0.25, 0.3) is 0 Å². The number of aryl methyl sites for hydroxylation is 4. The van der Waals surface area contributed by atoms with E-state index in [-0.39, 0.29) is 0 Å². The fourth-order valence-corrected chi connectivity index (χ4v) is 2.73. The van der Waals surface area contributed by atoms with Gasteiger partial charge in [0.05, 0.1) is 0 Å². The van der Waals surface area contributed by atoms with Gasteiger partial charge in [0.1, 0.15) is 11.5 Å². The molecule has 0 saturated carbocycles. The number of hydrogen-bond acceptors (Lipinski definition) is 2. The van der Waals surface area contributed by atoms with Crippen LogP contribution in [0.5, 0.6) is 11.5 Å². The third-order valence-corrected chi connectivity index (χ3v) is 3.68. The van der Waals surface area contributed by atoms with Crippen LogP contribution in [0.1, 0.15) is 22.3 Å². The van der Waals surface area contributed by atoms with E-state index in [0.717, 1.165) is 22.3 Å². The predicted octanol–water partition coefficient (Wildman–Crippen LogP) is 5.57. The Labute approximate surface area is 120 Å². The molecule has 0 spiro atoms. The second-order valence-electron chi connectivity index (χ2n) is 4.93. The van der Waals surface area contributed by atoms with E-state index in [9.17, 15) is 4.20 Å². The van der Waals surface area contributed by atoms with Gasteiger partial charge < -0.3 is 9.05 Å². The van der Waals surface area contributed by atoms with Crippen LogP contribution in [0.15, 0.2) is 36.4 Å². The molecule has 0 saturated heterocycles. The molecule has 0 aromatic heterocycles. The Hall–Kier alpha value is -1.60. The lowest BCUT2D eigenvalue weighted by atomic mass is 10.1. The summed E-state index contributed by atoms with van der Waals surface area (Å²) in [7, 11) is -2.48. The Morgan fingerprint density at radius 1 is 0.750 bits per heavy atom. The molecular formula is C16H18FO2P. The molecule has 20 heavy (non-hydrogen) atoms. The zero-order valence-electron chi connectivity index (χ0n) is 12.1. The van der Waals surface area contributed by atoms with Crippen LogP contribution in [-0.2, 0) is 0 Å². The number of benzene rings is 2. The van der Waals surface area contributed by atoms with Gasteiger partial charge in [-0.3, -0.25) is 0 Å². The average molecular weight is 292 g/mol. The molecule has 2 aromatic rings. The molecule has 0 amide bonds. The summed E-state index contributed by atoms with van der Waals surface area (Å²) in [5, 5.41) is 0. The largest absolute Gasteiger partial charge is 0.505 e. The van der Waals surface area contributed by atoms with Gasteiger partial charge in [-0.2, -0.15) is 0 Å². The molecule has 0 fully saturated rings. The Bertz CT molecular complexity index is 560. The normalized spacial score (nSPS) is 10.7. The molecule has 0 radical (unpaired) electrons. The van der Waals surface area contributed by atoms with Gasteiger partial charge >= 0.3 is 8.69 Å². The van der Waals surface area contributed by atoms with Crippen LogP contribution in [0.2, 0.25) is 0 Å². The van der Waals surface area contributed by atoms with Gasteiger partial charge in [0.15, 0.2) is 0 Å². The summed E-state index contributed by atoms with van der Waals surface area (Å²) in [4.78, 5) is 0. The first-order valence-corrected chi connectivity index (χ1v) is 7.49. The molecular weight excluding hydrogens is 274 g/mol. The molecule has 106 valence electrons. The highest BCUT2D eigenvalue weighted by atomic mass is 31.2. The average Bonchev–Trinajstić information content (AvgIpc) is 2.36. The molecule has 2 nitrogen and oxygen atoms in total. The van der Waals surface area contributed by atoms with Crippen LogP contribution < -0.4 is 9.05 Å². The summed E-state index contributed by atoms with van der Waals surface area (Å²) in [6, 6.07) is 11.2. The van der Waals surface area contributed by atoms with Crippen molar-refractivity contribution in [1.29, 1.82) is 0 Å². The van der Waals surface area contributed by atoms with E-state index in [4.69, 9.17) is 9.05 Å². The second-order valence-corrected chi connectivity index (χ2v) is 5.72. The summed E-state index contributed by atoms with van der Waals surface area (Å²) in [6.45, 7) is 7.76. The van der Waals surface area contributed by atoms with E-state index in [2.05, 4.69) is 0 Å². The van der Waals surface area contributed by atoms with Gasteiger partial charge in [-0.25, -0.2) is 0 Å². The van der Waals surface area contributed by atoms with Gasteiger partial charge in [0.2, 0.25) is 0 Å². The summed E-state index contributed by atoms with van der Waals surface area (Å²) in [6.07, 6.45) is 0. The zero-order chi connectivity index (χ0) is 14.7. The Morgan fingerprint density at radius 3 is 1.50 bits per heavy atom. The fraction of sp³-hybridized carbons (Fsp3) is 0.250. The summed E-state index contributed by atoms with van der Waals surface area (Å²) in [5.74, 6) is 1.04. The maximum absolute atomic E-state index is 14.0. The summed E-state index contributed by atoms with van der Waals surface area (Å²) in [5.41, 5.74) is 4.04. The van der Waals surface area contributed by atoms with Crippen LogP contribution in [-0.4, -0.2) is 0 Å². The van der Waals surface area contributed by atoms with E-state index in [1.165, 1.54) is 0 Å². The van der Waals surface area contributed by atoms with Crippen molar-refractivity contribution in [2.75, 3.05) is 0 Å². The first kappa shape index (κ1) is 14.8. The van der Waals surface area contributed by atoms with Crippen molar-refractivity contribution in [3.63, 3.8) is 0 Å². The molecule has 0 bridgehead atoms. The second kappa shape index (κ2) is 6.23. The first-order valence-electron chi connectivity index (χ1n) is 6.42. The van der Waals surface area contributed by atoms with Gasteiger partial charge in [-0.1, -0.05) is 35.4 Å². The number of rotatable bonds is 4. The minimum atomic E-state index is -2.48. The number of hydrogen-bond donors (Lipinski definition) is 0. The molecule has 0 heterocycles. The molecule has 0 unspecified atom stereocenters. The van der Waals surface area contributed by atoms with E-state index in [1.807, 2.05) is 52.0 Å². The fourth-order valence-electron chi connectivity index (χ4n) is 1.98. The molecule has 0 N–H and O–H groups in total. The smallest absolute Gasteiger partial charge is 0.414 e. The SMILES string of the molecule is Cc1ccc(OP(F)Oc2ccc(C)cc2C)c(C)c1. The van der Waals surface area contributed by atoms with Crippen molar-refractivity contribution >= 4 is 8.69 Å². The van der Waals surface area contributed by atoms with Crippen LogP contribution >= 0.6 is 8.69 Å². The van der Waals surface area contributed by atoms with Gasteiger partial charge in [0, 0.05) is 0 Å². The van der Waals surface area contributed by atoms with Crippen molar-refractivity contribution in [2.45, 2.75) is 27.7 Å². The molecule has 2 rings (SSSR count). The maximum atomic E-state index is 14.0. The summed E-state index contributed by atoms with van der Waals surface area (Å²) >= 11 is 0. The van der Waals surface area contributed by atoms with E-state index in [0.29, 0.717) is 11.5 Å². The van der Waals surface area contributed by atoms with Crippen molar-refractivity contribution < 1.29 is 13.2 Å². The Balaban J connectivity index is 2.07. The lowest BCUT2D eigenvalue weighted by molar-refractivity contribution is 0.436. The van der Waals surface area contributed by atoms with Gasteiger partial charge in [-0.15, -0.1) is 4.20 Å². The van der Waals surface area contributed by atoms with Crippen LogP contribution in [0.25, 0.3) is 0 Å². The topological polar surface area (TPSA) is 18.5 Å². The highest BCUT2D eigenvalue weighted by Gasteiger charge is 2.16. The minimum Gasteiger partial charge on any atom is -0.414 e. The standard InChI is InChI=1S/C16H18FO2P/c1-11-5-7-15(13(3)9-11)18-20(17)19-16-8-6-12(2)10-14(16)4/h5-10H,1-4H3. The van der Waals surface area contributed by atoms with Gasteiger partial charge in [-0.05, 0) is 51.0 Å². The molecule has 2 aromatic carbocycles. The van der Waals surface area contributed by atoms with Crippen molar-refractivity contribution in [3.05, 3.63) is 58.7 Å². The van der Waals surface area contributed by atoms with Crippen LogP contribution in [0.3, 0.4) is 0 Å². The van der Waals surface area contributed by atoms with Crippen molar-refractivity contribution in [2.24, 2.45) is 0 Å². The highest BCUT2D eigenvalue weighted by Crippen LogP contribution is 2.43. The lowest BCUT2D eigenvalue weighted by Gasteiger charge is -2.14. The third kappa shape index (κ3) is 3.71. The highest BCUT2D eigenvalue weighted by molar-refractivity contribution is 7.42. The number of halogens is 1.